The highest BCUT2D eigenvalue weighted by Gasteiger charge is 2.33. The molecule has 1 heterocycles. The zero-order chi connectivity index (χ0) is 13.3. The molecule has 5 heteroatoms. The van der Waals surface area contributed by atoms with Crippen molar-refractivity contribution in [2.45, 2.75) is 44.7 Å². The fourth-order valence-corrected chi connectivity index (χ4v) is 3.80. The number of aryl methyl sites for hydroxylation is 1. The number of ether oxygens (including phenoxy) is 1. The molecule has 0 spiro atoms. The predicted molar refractivity (Wildman–Crippen MR) is 74.2 cm³/mol. The quantitative estimate of drug-likeness (QED) is 0.867. The van der Waals surface area contributed by atoms with E-state index in [9.17, 15) is 4.79 Å². The number of carbonyl (C=O) groups excluding carboxylic acids is 1. The lowest BCUT2D eigenvalue weighted by Crippen LogP contribution is -2.49. The molecule has 1 N–H and O–H groups in total. The fraction of sp³-hybridized carbons (Fsp3) is 0.615. The van der Waals surface area contributed by atoms with Gasteiger partial charge in [0.15, 0.2) is 0 Å². The topological polar surface area (TPSA) is 38.3 Å². The van der Waals surface area contributed by atoms with E-state index in [1.807, 2.05) is 19.9 Å². The molecule has 1 aromatic rings. The molecular formula is C13H18ClNO2S. The van der Waals surface area contributed by atoms with Crippen molar-refractivity contribution in [2.75, 3.05) is 7.11 Å². The molecular weight excluding hydrogens is 270 g/mol. The Hall–Kier alpha value is -0.580. The molecule has 0 saturated heterocycles. The minimum atomic E-state index is -0.678. The Balaban J connectivity index is 2.18. The molecule has 1 aromatic heterocycles. The van der Waals surface area contributed by atoms with Crippen LogP contribution in [0.5, 0.6) is 0 Å². The van der Waals surface area contributed by atoms with Crippen LogP contribution in [0.3, 0.4) is 0 Å². The third kappa shape index (κ3) is 2.71. The van der Waals surface area contributed by atoms with Gasteiger partial charge in [-0.05, 0) is 44.7 Å². The summed E-state index contributed by atoms with van der Waals surface area (Å²) in [4.78, 5) is 13.1. The maximum absolute atomic E-state index is 11.7. The van der Waals surface area contributed by atoms with Crippen LogP contribution in [0.15, 0.2) is 6.07 Å². The van der Waals surface area contributed by atoms with E-state index >= 15 is 0 Å². The van der Waals surface area contributed by atoms with E-state index in [1.165, 1.54) is 17.6 Å². The molecule has 0 radical (unpaired) electrons. The molecule has 100 valence electrons. The van der Waals surface area contributed by atoms with E-state index in [1.54, 1.807) is 11.3 Å². The summed E-state index contributed by atoms with van der Waals surface area (Å²) in [5.41, 5.74) is 0.566. The standard InChI is InChI=1S/C13H18ClNO2S/c1-13(2,12(16)17-3)15-9-5-4-6-10-8(9)7-11(14)18-10/h7,9,15H,4-6H2,1-3H3. The van der Waals surface area contributed by atoms with Crippen LogP contribution in [0.1, 0.15) is 43.2 Å². The first kappa shape index (κ1) is 13.8. The number of thiophene rings is 1. The van der Waals surface area contributed by atoms with Crippen molar-refractivity contribution in [1.29, 1.82) is 0 Å². The van der Waals surface area contributed by atoms with Crippen molar-refractivity contribution in [3.63, 3.8) is 0 Å². The largest absolute Gasteiger partial charge is 0.468 e. The Labute approximate surface area is 116 Å². The van der Waals surface area contributed by atoms with E-state index in [2.05, 4.69) is 5.32 Å². The highest BCUT2D eigenvalue weighted by atomic mass is 35.5. The van der Waals surface area contributed by atoms with Crippen molar-refractivity contribution in [1.82, 2.24) is 5.32 Å². The van der Waals surface area contributed by atoms with Gasteiger partial charge in [0, 0.05) is 10.9 Å². The maximum Gasteiger partial charge on any atom is 0.325 e. The number of carbonyl (C=O) groups is 1. The SMILES string of the molecule is COC(=O)C(C)(C)NC1CCCc2sc(Cl)cc21. The number of esters is 1. The Morgan fingerprint density at radius 2 is 2.33 bits per heavy atom. The number of fused-ring (bicyclic) bond motifs is 1. The van der Waals surface area contributed by atoms with E-state index < -0.39 is 5.54 Å². The molecule has 2 rings (SSSR count). The minimum absolute atomic E-state index is 0.187. The van der Waals surface area contributed by atoms with Gasteiger partial charge in [-0.3, -0.25) is 10.1 Å². The average Bonchev–Trinajstić information content (AvgIpc) is 2.69. The predicted octanol–water partition coefficient (Wildman–Crippen LogP) is 3.32. The highest BCUT2D eigenvalue weighted by Crippen LogP contribution is 2.38. The number of rotatable bonds is 3. The first-order valence-corrected chi connectivity index (χ1v) is 7.27. The number of nitrogens with one attached hydrogen (secondary N) is 1. The second-order valence-corrected chi connectivity index (χ2v) is 6.90. The van der Waals surface area contributed by atoms with Crippen molar-refractivity contribution in [3.8, 4) is 0 Å². The molecule has 0 saturated carbocycles. The fourth-order valence-electron chi connectivity index (χ4n) is 2.42. The first-order chi connectivity index (χ1) is 8.44. The van der Waals surface area contributed by atoms with Crippen molar-refractivity contribution >= 4 is 28.9 Å². The smallest absolute Gasteiger partial charge is 0.325 e. The van der Waals surface area contributed by atoms with Crippen LogP contribution in [-0.4, -0.2) is 18.6 Å². The summed E-state index contributed by atoms with van der Waals surface area (Å²) in [5, 5.41) is 3.39. The molecule has 0 aliphatic heterocycles. The summed E-state index contributed by atoms with van der Waals surface area (Å²) in [6.45, 7) is 3.70. The Morgan fingerprint density at radius 1 is 1.61 bits per heavy atom. The van der Waals surface area contributed by atoms with Crippen LogP contribution >= 0.6 is 22.9 Å². The van der Waals surface area contributed by atoms with Gasteiger partial charge in [-0.25, -0.2) is 0 Å². The molecule has 0 bridgehead atoms. The summed E-state index contributed by atoms with van der Waals surface area (Å²) in [5.74, 6) is -0.240. The van der Waals surface area contributed by atoms with Crippen LogP contribution in [0, 0.1) is 0 Å². The third-order valence-electron chi connectivity index (χ3n) is 3.31. The Kier molecular flexibility index (Phi) is 3.99. The summed E-state index contributed by atoms with van der Waals surface area (Å²) in [7, 11) is 1.42. The van der Waals surface area contributed by atoms with Gasteiger partial charge in [0.25, 0.3) is 0 Å². The van der Waals surface area contributed by atoms with Crippen LogP contribution in [0.25, 0.3) is 0 Å². The molecule has 1 unspecified atom stereocenters. The van der Waals surface area contributed by atoms with Crippen LogP contribution in [-0.2, 0) is 16.0 Å². The summed E-state index contributed by atoms with van der Waals surface area (Å²) in [6, 6.07) is 2.21. The van der Waals surface area contributed by atoms with Gasteiger partial charge in [-0.1, -0.05) is 11.6 Å². The molecule has 0 amide bonds. The van der Waals surface area contributed by atoms with Gasteiger partial charge in [-0.2, -0.15) is 0 Å². The Morgan fingerprint density at radius 3 is 3.00 bits per heavy atom. The van der Waals surface area contributed by atoms with Crippen LogP contribution in [0.2, 0.25) is 4.34 Å². The van der Waals surface area contributed by atoms with Gasteiger partial charge >= 0.3 is 5.97 Å². The zero-order valence-corrected chi connectivity index (χ0v) is 12.5. The number of halogens is 1. The first-order valence-electron chi connectivity index (χ1n) is 6.08. The average molecular weight is 288 g/mol. The molecule has 0 aromatic carbocycles. The lowest BCUT2D eigenvalue weighted by atomic mass is 9.91. The van der Waals surface area contributed by atoms with Crippen molar-refractivity contribution < 1.29 is 9.53 Å². The molecule has 0 fully saturated rings. The number of methoxy groups -OCH3 is 1. The lowest BCUT2D eigenvalue weighted by molar-refractivity contribution is -0.147. The third-order valence-corrected chi connectivity index (χ3v) is 4.65. The maximum atomic E-state index is 11.7. The van der Waals surface area contributed by atoms with Gasteiger partial charge in [0.05, 0.1) is 11.4 Å². The van der Waals surface area contributed by atoms with E-state index in [0.29, 0.717) is 0 Å². The van der Waals surface area contributed by atoms with E-state index in [-0.39, 0.29) is 12.0 Å². The monoisotopic (exact) mass is 287 g/mol. The number of hydrogen-bond donors (Lipinski definition) is 1. The van der Waals surface area contributed by atoms with Crippen molar-refractivity contribution in [3.05, 3.63) is 20.8 Å². The minimum Gasteiger partial charge on any atom is -0.468 e. The highest BCUT2D eigenvalue weighted by molar-refractivity contribution is 7.16. The second kappa shape index (κ2) is 5.19. The van der Waals surface area contributed by atoms with Gasteiger partial charge in [0.2, 0.25) is 0 Å². The van der Waals surface area contributed by atoms with E-state index in [0.717, 1.165) is 23.6 Å². The van der Waals surface area contributed by atoms with E-state index in [4.69, 9.17) is 16.3 Å². The zero-order valence-electron chi connectivity index (χ0n) is 10.9. The molecule has 3 nitrogen and oxygen atoms in total. The van der Waals surface area contributed by atoms with Crippen molar-refractivity contribution in [2.24, 2.45) is 0 Å². The van der Waals surface area contributed by atoms with Gasteiger partial charge in [0.1, 0.15) is 5.54 Å². The normalized spacial score (nSPS) is 19.4. The van der Waals surface area contributed by atoms with Gasteiger partial charge in [-0.15, -0.1) is 11.3 Å². The lowest BCUT2D eigenvalue weighted by Gasteiger charge is -2.32. The molecule has 1 aliphatic carbocycles. The van der Waals surface area contributed by atoms with Gasteiger partial charge < -0.3 is 4.74 Å². The Bertz CT molecular complexity index is 456. The summed E-state index contributed by atoms with van der Waals surface area (Å²) >= 11 is 7.72. The van der Waals surface area contributed by atoms with Crippen LogP contribution in [0.4, 0.5) is 0 Å². The molecule has 1 atom stereocenters. The number of hydrogen-bond acceptors (Lipinski definition) is 4. The summed E-state index contributed by atoms with van der Waals surface area (Å²) in [6.07, 6.45) is 3.24. The molecule has 1 aliphatic rings. The second-order valence-electron chi connectivity index (χ2n) is 5.13. The summed E-state index contributed by atoms with van der Waals surface area (Å²) < 4.78 is 5.65. The van der Waals surface area contributed by atoms with Crippen LogP contribution < -0.4 is 5.32 Å². The molecule has 18 heavy (non-hydrogen) atoms.